The summed E-state index contributed by atoms with van der Waals surface area (Å²) in [6.45, 7) is -5.88. The highest BCUT2D eigenvalue weighted by atomic mass is 32.7. The normalized spacial score (nSPS) is 36.1. The van der Waals surface area contributed by atoms with Gasteiger partial charge in [-0.25, -0.2) is 42.4 Å². The molecule has 3 fully saturated rings. The zero-order chi connectivity index (χ0) is 31.0. The number of halogens is 2. The maximum Gasteiger partial charge on any atom is 0.386 e. The van der Waals surface area contributed by atoms with E-state index in [1.54, 1.807) is 0 Å². The van der Waals surface area contributed by atoms with Crippen molar-refractivity contribution in [2.45, 2.75) is 49.2 Å². The van der Waals surface area contributed by atoms with Crippen molar-refractivity contribution in [2.75, 3.05) is 18.9 Å². The standard InChI is InChI=1S/C20H21F2N10O9PS2/c21-9-13-7(38-19(9)32-6-29-12-17(32)26-4-27-18(12)33)1-30-44(35,36)41-14-8(2-37-42(34,43)40-13)39-20(10(14)22)31-5-28-11-15(23)24-3-25-16(11)31/h3-10,13-14,19-20,30H,1-2H2,(H,34,43)(H2,23,24,25)(H,26,27,33)/t7-,8-,9-,10-,13-,14-,19-,20-,42-/m1/s1. The highest BCUT2D eigenvalue weighted by Gasteiger charge is 2.53. The molecule has 7 rings (SSSR count). The highest BCUT2D eigenvalue weighted by molar-refractivity contribution is 8.44. The van der Waals surface area contributed by atoms with Crippen LogP contribution in [0.1, 0.15) is 12.5 Å². The number of anilines is 1. The van der Waals surface area contributed by atoms with Crippen molar-refractivity contribution in [1.82, 2.24) is 43.8 Å². The molecule has 0 saturated carbocycles. The summed E-state index contributed by atoms with van der Waals surface area (Å²) in [5, 5.41) is 0. The molecule has 3 aliphatic heterocycles. The third-order valence-corrected chi connectivity index (χ3v) is 9.80. The second-order valence-corrected chi connectivity index (χ2v) is 14.1. The summed E-state index contributed by atoms with van der Waals surface area (Å²) < 4.78 is 103. The van der Waals surface area contributed by atoms with E-state index in [0.29, 0.717) is 0 Å². The molecule has 4 N–H and O–H groups in total. The number of nitrogen functional groups attached to an aromatic ring is 1. The Morgan fingerprint density at radius 1 is 0.977 bits per heavy atom. The molecular formula is C20H21F2N10O9PS2. The van der Waals surface area contributed by atoms with E-state index in [1.807, 2.05) is 0 Å². The first-order valence-corrected chi connectivity index (χ1v) is 16.8. The summed E-state index contributed by atoms with van der Waals surface area (Å²) in [5.74, 6) is 0.0143. The fourth-order valence-electron chi connectivity index (χ4n) is 5.20. The van der Waals surface area contributed by atoms with Gasteiger partial charge in [0, 0.05) is 6.54 Å². The van der Waals surface area contributed by atoms with Gasteiger partial charge in [-0.3, -0.25) is 23.0 Å². The summed E-state index contributed by atoms with van der Waals surface area (Å²) >= 11 is 3.94. The van der Waals surface area contributed by atoms with Gasteiger partial charge in [-0.15, -0.1) is 0 Å². The van der Waals surface area contributed by atoms with Crippen LogP contribution in [-0.4, -0.2) is 97.4 Å². The zero-order valence-electron chi connectivity index (χ0n) is 21.8. The molecule has 3 saturated heterocycles. The number of nitrogens with one attached hydrogen (secondary N) is 2. The Kier molecular flexibility index (Phi) is 7.21. The number of imidazole rings is 2. The van der Waals surface area contributed by atoms with Gasteiger partial charge in [0.2, 0.25) is 0 Å². The molecule has 24 heteroatoms. The molecule has 4 aromatic heterocycles. The van der Waals surface area contributed by atoms with Crippen LogP contribution < -0.4 is 16.0 Å². The molecule has 4 aromatic rings. The minimum Gasteiger partial charge on any atom is -0.382 e. The zero-order valence-corrected chi connectivity index (χ0v) is 24.4. The number of hydrogen-bond donors (Lipinski definition) is 4. The predicted molar refractivity (Wildman–Crippen MR) is 145 cm³/mol. The van der Waals surface area contributed by atoms with E-state index in [9.17, 15) is 17.8 Å². The Hall–Kier alpha value is -3.15. The smallest absolute Gasteiger partial charge is 0.382 e. The molecule has 0 unspecified atom stereocenters. The minimum atomic E-state index is -4.75. The predicted octanol–water partition coefficient (Wildman–Crippen LogP) is -0.314. The Morgan fingerprint density at radius 2 is 1.64 bits per heavy atom. The first-order chi connectivity index (χ1) is 20.9. The van der Waals surface area contributed by atoms with Gasteiger partial charge < -0.3 is 20.2 Å². The Balaban J connectivity index is 1.17. The van der Waals surface area contributed by atoms with Crippen LogP contribution in [0, 0.1) is 0 Å². The Labute approximate surface area is 249 Å². The van der Waals surface area contributed by atoms with Crippen LogP contribution >= 0.6 is 19.0 Å². The average molecular weight is 679 g/mol. The van der Waals surface area contributed by atoms with Gasteiger partial charge in [-0.1, -0.05) is 12.2 Å². The van der Waals surface area contributed by atoms with Crippen LogP contribution in [0.25, 0.3) is 22.3 Å². The van der Waals surface area contributed by atoms with Gasteiger partial charge in [-0.2, -0.15) is 13.1 Å². The number of alkyl halides is 2. The van der Waals surface area contributed by atoms with E-state index in [4.69, 9.17) is 28.4 Å². The van der Waals surface area contributed by atoms with E-state index in [-0.39, 0.29) is 28.1 Å². The first kappa shape index (κ1) is 29.6. The number of nitrogens with two attached hydrogens (primary N) is 1. The molecule has 19 nitrogen and oxygen atoms in total. The van der Waals surface area contributed by atoms with Crippen molar-refractivity contribution in [2.24, 2.45) is 0 Å². The summed E-state index contributed by atoms with van der Waals surface area (Å²) in [6.07, 6.45) is -9.35. The van der Waals surface area contributed by atoms with Crippen molar-refractivity contribution in [3.8, 4) is 0 Å². The maximum absolute atomic E-state index is 15.9. The van der Waals surface area contributed by atoms with Gasteiger partial charge in [0.1, 0.15) is 36.3 Å². The fraction of sp³-hybridized carbons (Fsp3) is 0.500. The van der Waals surface area contributed by atoms with Crippen LogP contribution in [0.4, 0.5) is 14.6 Å². The molecule has 0 aromatic carbocycles. The number of aromatic amines is 1. The first-order valence-electron chi connectivity index (χ1n) is 12.7. The summed E-state index contributed by atoms with van der Waals surface area (Å²) in [7, 11) is -4.75. The van der Waals surface area contributed by atoms with Gasteiger partial charge in [0.05, 0.1) is 25.6 Å². The van der Waals surface area contributed by atoms with Crippen molar-refractivity contribution in [3.63, 3.8) is 0 Å². The van der Waals surface area contributed by atoms with Gasteiger partial charge in [0.25, 0.3) is 5.56 Å². The van der Waals surface area contributed by atoms with Crippen LogP contribution in [0.5, 0.6) is 0 Å². The van der Waals surface area contributed by atoms with Crippen LogP contribution in [0.2, 0.25) is 0 Å². The van der Waals surface area contributed by atoms with Crippen LogP contribution in [0.15, 0.2) is 30.1 Å². The highest BCUT2D eigenvalue weighted by Crippen LogP contribution is 2.57. The number of hydrogen-bond acceptors (Lipinski definition) is 15. The number of thiol groups is 1. The van der Waals surface area contributed by atoms with E-state index in [0.717, 1.165) is 28.1 Å². The molecule has 44 heavy (non-hydrogen) atoms. The number of rotatable bonds is 2. The second-order valence-electron chi connectivity index (χ2n) is 9.86. The van der Waals surface area contributed by atoms with Crippen molar-refractivity contribution < 1.29 is 44.5 Å². The van der Waals surface area contributed by atoms with Gasteiger partial charge >= 0.3 is 17.1 Å². The van der Waals surface area contributed by atoms with Crippen molar-refractivity contribution in [3.05, 3.63) is 35.7 Å². The Bertz CT molecular complexity index is 1960. The molecule has 0 aliphatic carbocycles. The topological polar surface area (TPSA) is 243 Å². The summed E-state index contributed by atoms with van der Waals surface area (Å²) in [5.41, 5.74) is 5.29. The quantitative estimate of drug-likeness (QED) is 0.157. The summed E-state index contributed by atoms with van der Waals surface area (Å²) in [6, 6.07) is 0. The Morgan fingerprint density at radius 3 is 2.39 bits per heavy atom. The average Bonchev–Trinajstić information content (AvgIpc) is 3.73. The number of nitrogens with zero attached hydrogens (tertiary/aromatic N) is 7. The van der Waals surface area contributed by atoms with E-state index < -0.39 is 85.0 Å². The third-order valence-electron chi connectivity index (χ3n) is 7.19. The van der Waals surface area contributed by atoms with Gasteiger partial charge in [-0.05, 0) is 0 Å². The molecule has 236 valence electrons. The van der Waals surface area contributed by atoms with Crippen LogP contribution in [-0.2, 0) is 37.6 Å². The number of aromatic nitrogens is 8. The van der Waals surface area contributed by atoms with E-state index in [2.05, 4.69) is 46.9 Å². The maximum atomic E-state index is 15.9. The summed E-state index contributed by atoms with van der Waals surface area (Å²) in [4.78, 5) is 34.2. The van der Waals surface area contributed by atoms with E-state index >= 15 is 8.78 Å². The second kappa shape index (κ2) is 10.7. The molecule has 0 bridgehead atoms. The lowest BCUT2D eigenvalue weighted by Crippen LogP contribution is -2.44. The molecule has 0 amide bonds. The third kappa shape index (κ3) is 5.06. The SMILES string of the molecule is Nc1ncnc2c1ncn2[C@@H]1O[C@@H]2CO[P@@](=O)(S)O[C@H]3[C@@H](F)[C@H](n4cnc5c(=O)[nH]cnc54)O[C@@H]3CNS(=O)(=O)O[C@H]2[C@H]1F. The minimum absolute atomic E-state index is 0.0143. The van der Waals surface area contributed by atoms with Gasteiger partial charge in [0.15, 0.2) is 47.4 Å². The monoisotopic (exact) mass is 678 g/mol. The van der Waals surface area contributed by atoms with Crippen molar-refractivity contribution in [1.29, 1.82) is 0 Å². The molecule has 7 heterocycles. The molecule has 3 aliphatic rings. The molecule has 0 spiro atoms. The number of H-pyrrole nitrogens is 1. The fourth-order valence-corrected chi connectivity index (χ4v) is 7.64. The molecule has 0 radical (unpaired) electrons. The molecular weight excluding hydrogens is 657 g/mol. The van der Waals surface area contributed by atoms with E-state index in [1.165, 1.54) is 6.33 Å². The van der Waals surface area contributed by atoms with Crippen LogP contribution in [0.3, 0.4) is 0 Å². The number of ether oxygens (including phenoxy) is 2. The lowest BCUT2D eigenvalue weighted by atomic mass is 10.1. The largest absolute Gasteiger partial charge is 0.386 e. The van der Waals surface area contributed by atoms with Crippen molar-refractivity contribution >= 4 is 57.5 Å². The lowest BCUT2D eigenvalue weighted by Gasteiger charge is -2.26. The lowest BCUT2D eigenvalue weighted by molar-refractivity contribution is -0.0434. The molecule has 9 atom stereocenters. The number of fused-ring (bicyclic) bond motifs is 4.